The Bertz CT molecular complexity index is 722. The van der Waals surface area contributed by atoms with Gasteiger partial charge in [-0.25, -0.2) is 0 Å². The van der Waals surface area contributed by atoms with Gasteiger partial charge in [-0.15, -0.1) is 0 Å². The first-order valence-corrected chi connectivity index (χ1v) is 17.5. The maximum atomic E-state index is 12.2. The summed E-state index contributed by atoms with van der Waals surface area (Å²) in [5.74, 6) is -0.0899. The molecule has 2 atom stereocenters. The topological polar surface area (TPSA) is 69.6 Å². The second-order valence-corrected chi connectivity index (χ2v) is 11.6. The van der Waals surface area contributed by atoms with Gasteiger partial charge in [0.05, 0.1) is 18.8 Å². The number of rotatable bonds is 30. The Balaban J connectivity index is 3.61. The molecule has 242 valence electrons. The first-order valence-electron chi connectivity index (χ1n) is 17.5. The Labute approximate surface area is 260 Å². The predicted octanol–water partition coefficient (Wildman–Crippen LogP) is 10.2. The molecule has 0 aliphatic carbocycles. The van der Waals surface area contributed by atoms with Crippen LogP contribution in [0.15, 0.2) is 60.8 Å². The van der Waals surface area contributed by atoms with Crippen LogP contribution in [0, 0.1) is 0 Å². The van der Waals surface area contributed by atoms with Crippen LogP contribution in [0.25, 0.3) is 0 Å². The molecule has 0 saturated carbocycles. The summed E-state index contributed by atoms with van der Waals surface area (Å²) in [6, 6.07) is -0.641. The number of hydrogen-bond donors (Lipinski definition) is 3. The third-order valence-corrected chi connectivity index (χ3v) is 7.45. The molecule has 0 aromatic carbocycles. The molecule has 0 radical (unpaired) electrons. The van der Waals surface area contributed by atoms with Crippen molar-refractivity contribution >= 4 is 5.91 Å². The van der Waals surface area contributed by atoms with Gasteiger partial charge in [-0.1, -0.05) is 145 Å². The highest BCUT2D eigenvalue weighted by atomic mass is 16.3. The Morgan fingerprint density at radius 3 is 1.62 bits per heavy atom. The number of carbonyl (C=O) groups is 1. The van der Waals surface area contributed by atoms with Gasteiger partial charge in [0.25, 0.3) is 0 Å². The maximum absolute atomic E-state index is 12.2. The number of nitrogens with one attached hydrogen (secondary N) is 1. The molecule has 4 nitrogen and oxygen atoms in total. The van der Waals surface area contributed by atoms with Gasteiger partial charge < -0.3 is 15.5 Å². The summed E-state index contributed by atoms with van der Waals surface area (Å²) in [7, 11) is 0. The molecule has 0 saturated heterocycles. The summed E-state index contributed by atoms with van der Waals surface area (Å²) >= 11 is 0. The van der Waals surface area contributed by atoms with Crippen molar-refractivity contribution in [2.24, 2.45) is 0 Å². The standard InChI is InChI=1S/C38H67NO3/c1-3-5-7-9-11-12-13-14-15-16-17-18-19-20-21-22-23-24-25-26-28-30-32-34-38(42)39-36(35-40)37(41)33-31-29-27-10-8-6-4-2/h8,10,13-14,16-17,19-20,31,33,36-37,40-41H,3-7,9,11-12,15,18,21-30,32,34-35H2,1-2H3,(H,39,42)/b10-8+,14-13-,17-16-,20-19-,33-31+. The molecular formula is C38H67NO3. The highest BCUT2D eigenvalue weighted by Crippen LogP contribution is 2.11. The van der Waals surface area contributed by atoms with Crippen molar-refractivity contribution < 1.29 is 15.0 Å². The predicted molar refractivity (Wildman–Crippen MR) is 184 cm³/mol. The van der Waals surface area contributed by atoms with Crippen molar-refractivity contribution in [2.45, 2.75) is 167 Å². The third kappa shape index (κ3) is 29.6. The van der Waals surface area contributed by atoms with Crippen LogP contribution in [0.2, 0.25) is 0 Å². The Morgan fingerprint density at radius 2 is 1.05 bits per heavy atom. The fourth-order valence-electron chi connectivity index (χ4n) is 4.73. The van der Waals surface area contributed by atoms with E-state index in [0.717, 1.165) is 57.8 Å². The number of allylic oxidation sites excluding steroid dienone is 9. The summed E-state index contributed by atoms with van der Waals surface area (Å²) < 4.78 is 0. The van der Waals surface area contributed by atoms with Crippen LogP contribution in [0.5, 0.6) is 0 Å². The van der Waals surface area contributed by atoms with Gasteiger partial charge in [-0.3, -0.25) is 4.79 Å². The lowest BCUT2D eigenvalue weighted by molar-refractivity contribution is -0.123. The fraction of sp³-hybridized carbons (Fsp3) is 0.711. The normalized spacial score (nSPS) is 13.9. The molecule has 3 N–H and O–H groups in total. The third-order valence-electron chi connectivity index (χ3n) is 7.45. The van der Waals surface area contributed by atoms with E-state index >= 15 is 0 Å². The van der Waals surface area contributed by atoms with Crippen LogP contribution in [-0.4, -0.2) is 34.9 Å². The second-order valence-electron chi connectivity index (χ2n) is 11.6. The largest absolute Gasteiger partial charge is 0.394 e. The van der Waals surface area contributed by atoms with Crippen LogP contribution in [0.1, 0.15) is 155 Å². The van der Waals surface area contributed by atoms with E-state index in [0.29, 0.717) is 6.42 Å². The van der Waals surface area contributed by atoms with E-state index in [2.05, 4.69) is 67.8 Å². The van der Waals surface area contributed by atoms with E-state index in [1.54, 1.807) is 6.08 Å². The average Bonchev–Trinajstić information content (AvgIpc) is 2.99. The summed E-state index contributed by atoms with van der Waals surface area (Å²) in [6.45, 7) is 4.15. The van der Waals surface area contributed by atoms with E-state index in [1.807, 2.05) is 6.08 Å². The first kappa shape index (κ1) is 40.1. The molecular weight excluding hydrogens is 518 g/mol. The zero-order valence-electron chi connectivity index (χ0n) is 27.5. The van der Waals surface area contributed by atoms with Crippen LogP contribution < -0.4 is 5.32 Å². The molecule has 0 aliphatic heterocycles. The zero-order chi connectivity index (χ0) is 30.8. The Morgan fingerprint density at radius 1 is 0.571 bits per heavy atom. The Kier molecular flexibility index (Phi) is 32.1. The number of aliphatic hydroxyl groups excluding tert-OH is 2. The lowest BCUT2D eigenvalue weighted by Crippen LogP contribution is -2.45. The number of carbonyl (C=O) groups excluding carboxylic acids is 1. The second kappa shape index (κ2) is 33.6. The summed E-state index contributed by atoms with van der Waals surface area (Å²) in [6.07, 6.45) is 46.1. The number of amides is 1. The van der Waals surface area contributed by atoms with Gasteiger partial charge in [0.1, 0.15) is 0 Å². The molecule has 0 spiro atoms. The smallest absolute Gasteiger partial charge is 0.220 e. The van der Waals surface area contributed by atoms with E-state index in [4.69, 9.17) is 0 Å². The van der Waals surface area contributed by atoms with E-state index in [9.17, 15) is 15.0 Å². The average molecular weight is 586 g/mol. The SMILES string of the molecule is CCC/C=C/CC/C=C/C(O)C(CO)NC(=O)CCCCCCCCCC/C=C\C/C=C\C/C=C\CCCCCCC. The van der Waals surface area contributed by atoms with Gasteiger partial charge in [-0.2, -0.15) is 0 Å². The van der Waals surface area contributed by atoms with Crippen molar-refractivity contribution in [3.8, 4) is 0 Å². The molecule has 42 heavy (non-hydrogen) atoms. The minimum absolute atomic E-state index is 0.0899. The minimum atomic E-state index is -0.863. The van der Waals surface area contributed by atoms with Crippen molar-refractivity contribution in [2.75, 3.05) is 6.61 Å². The molecule has 0 bridgehead atoms. The number of aliphatic hydroxyl groups is 2. The van der Waals surface area contributed by atoms with Crippen molar-refractivity contribution in [3.63, 3.8) is 0 Å². The van der Waals surface area contributed by atoms with Gasteiger partial charge in [0.2, 0.25) is 5.91 Å². The molecule has 2 unspecified atom stereocenters. The fourth-order valence-corrected chi connectivity index (χ4v) is 4.73. The van der Waals surface area contributed by atoms with Crippen LogP contribution in [0.3, 0.4) is 0 Å². The molecule has 0 aliphatic rings. The molecule has 4 heteroatoms. The quantitative estimate of drug-likeness (QED) is 0.0580. The van der Waals surface area contributed by atoms with E-state index in [-0.39, 0.29) is 12.5 Å². The van der Waals surface area contributed by atoms with Gasteiger partial charge in [0, 0.05) is 6.42 Å². The molecule has 0 rings (SSSR count). The van der Waals surface area contributed by atoms with Crippen molar-refractivity contribution in [3.05, 3.63) is 60.8 Å². The van der Waals surface area contributed by atoms with Crippen LogP contribution in [-0.2, 0) is 4.79 Å². The molecule has 1 amide bonds. The van der Waals surface area contributed by atoms with Crippen LogP contribution >= 0.6 is 0 Å². The number of hydrogen-bond acceptors (Lipinski definition) is 3. The van der Waals surface area contributed by atoms with Gasteiger partial charge in [0.15, 0.2) is 0 Å². The maximum Gasteiger partial charge on any atom is 0.220 e. The van der Waals surface area contributed by atoms with E-state index in [1.165, 1.54) is 77.0 Å². The zero-order valence-corrected chi connectivity index (χ0v) is 27.5. The van der Waals surface area contributed by atoms with E-state index < -0.39 is 12.1 Å². The van der Waals surface area contributed by atoms with Crippen molar-refractivity contribution in [1.82, 2.24) is 5.32 Å². The summed E-state index contributed by atoms with van der Waals surface area (Å²) in [4.78, 5) is 12.2. The van der Waals surface area contributed by atoms with Crippen molar-refractivity contribution in [1.29, 1.82) is 0 Å². The lowest BCUT2D eigenvalue weighted by atomic mass is 10.1. The number of unbranched alkanes of at least 4 members (excludes halogenated alkanes) is 15. The van der Waals surface area contributed by atoms with Gasteiger partial charge >= 0.3 is 0 Å². The van der Waals surface area contributed by atoms with Crippen LogP contribution in [0.4, 0.5) is 0 Å². The summed E-state index contributed by atoms with van der Waals surface area (Å²) in [5, 5.41) is 22.6. The highest BCUT2D eigenvalue weighted by Gasteiger charge is 2.17. The molecule has 0 aromatic heterocycles. The molecule has 0 fully saturated rings. The summed E-state index contributed by atoms with van der Waals surface area (Å²) in [5.41, 5.74) is 0. The Hall–Kier alpha value is -1.91. The highest BCUT2D eigenvalue weighted by molar-refractivity contribution is 5.76. The molecule has 0 heterocycles. The minimum Gasteiger partial charge on any atom is -0.394 e. The monoisotopic (exact) mass is 586 g/mol. The lowest BCUT2D eigenvalue weighted by Gasteiger charge is -2.19. The van der Waals surface area contributed by atoms with Gasteiger partial charge in [-0.05, 0) is 64.2 Å². The molecule has 0 aromatic rings. The first-order chi connectivity index (χ1) is 20.7.